The minimum atomic E-state index is -0.589. The molecule has 0 heterocycles. The van der Waals surface area contributed by atoms with Crippen LogP contribution < -0.4 is 14.8 Å². The van der Waals surface area contributed by atoms with Crippen molar-refractivity contribution >= 4 is 23.4 Å². The summed E-state index contributed by atoms with van der Waals surface area (Å²) in [6, 6.07) is 10.5. The van der Waals surface area contributed by atoms with E-state index in [1.807, 2.05) is 57.2 Å². The molecule has 0 bridgehead atoms. The molecule has 7 heteroatoms. The van der Waals surface area contributed by atoms with Crippen LogP contribution in [0.3, 0.4) is 0 Å². The normalized spacial score (nSPS) is 11.6. The Hall–Kier alpha value is -2.73. The van der Waals surface area contributed by atoms with Gasteiger partial charge in [0.05, 0.1) is 7.11 Å². The largest absolute Gasteiger partial charge is 0.497 e. The van der Waals surface area contributed by atoms with Gasteiger partial charge in [-0.3, -0.25) is 9.59 Å². The summed E-state index contributed by atoms with van der Waals surface area (Å²) < 4.78 is 11.0. The highest BCUT2D eigenvalue weighted by Crippen LogP contribution is 2.26. The summed E-state index contributed by atoms with van der Waals surface area (Å²) in [7, 11) is 1.61. The lowest BCUT2D eigenvalue weighted by molar-refractivity contribution is -0.143. The summed E-state index contributed by atoms with van der Waals surface area (Å²) >= 11 is 6.24. The number of benzene rings is 2. The molecule has 0 unspecified atom stereocenters. The Morgan fingerprint density at radius 1 is 1.06 bits per heavy atom. The fourth-order valence-electron chi connectivity index (χ4n) is 3.57. The van der Waals surface area contributed by atoms with Gasteiger partial charge in [-0.05, 0) is 67.6 Å². The standard InChI is InChI=1S/C26H35ClN2O4/c1-6-8-13-28-26(31)23(7-2)29(16-20-9-11-21(32-5)12-10-20)24(30)17-33-22-14-18(3)25(27)19(4)15-22/h9-12,14-15,23H,6-8,13,16-17H2,1-5H3,(H,28,31)/t23-/m1/s1. The van der Waals surface area contributed by atoms with Crippen LogP contribution in [0.25, 0.3) is 0 Å². The van der Waals surface area contributed by atoms with Gasteiger partial charge in [0.1, 0.15) is 17.5 Å². The number of unbranched alkanes of at least 4 members (excludes halogenated alkanes) is 1. The highest BCUT2D eigenvalue weighted by atomic mass is 35.5. The molecule has 2 aromatic rings. The number of methoxy groups -OCH3 is 1. The Labute approximate surface area is 202 Å². The molecule has 0 saturated carbocycles. The van der Waals surface area contributed by atoms with Gasteiger partial charge in [-0.1, -0.05) is 44.0 Å². The molecule has 2 rings (SSSR count). The number of nitrogens with one attached hydrogen (secondary N) is 1. The smallest absolute Gasteiger partial charge is 0.261 e. The van der Waals surface area contributed by atoms with Crippen LogP contribution in [0.2, 0.25) is 5.02 Å². The number of rotatable bonds is 12. The maximum atomic E-state index is 13.3. The number of hydrogen-bond acceptors (Lipinski definition) is 4. The second kappa shape index (κ2) is 13.1. The fraction of sp³-hybridized carbons (Fsp3) is 0.462. The fourth-order valence-corrected chi connectivity index (χ4v) is 3.68. The van der Waals surface area contributed by atoms with Crippen molar-refractivity contribution in [3.05, 3.63) is 58.1 Å². The van der Waals surface area contributed by atoms with Crippen molar-refractivity contribution in [3.63, 3.8) is 0 Å². The molecule has 6 nitrogen and oxygen atoms in total. The van der Waals surface area contributed by atoms with Crippen molar-refractivity contribution in [1.82, 2.24) is 10.2 Å². The lowest BCUT2D eigenvalue weighted by atomic mass is 10.1. The number of ether oxygens (including phenoxy) is 2. The maximum Gasteiger partial charge on any atom is 0.261 e. The summed E-state index contributed by atoms with van der Waals surface area (Å²) in [5.74, 6) is 0.907. The van der Waals surface area contributed by atoms with Gasteiger partial charge in [-0.15, -0.1) is 0 Å². The first kappa shape index (κ1) is 26.5. The van der Waals surface area contributed by atoms with E-state index < -0.39 is 6.04 Å². The molecule has 0 aromatic heterocycles. The maximum absolute atomic E-state index is 13.3. The van der Waals surface area contributed by atoms with Crippen molar-refractivity contribution in [3.8, 4) is 11.5 Å². The van der Waals surface area contributed by atoms with E-state index in [0.717, 1.165) is 35.3 Å². The number of halogens is 1. The highest BCUT2D eigenvalue weighted by Gasteiger charge is 2.28. The topological polar surface area (TPSA) is 67.9 Å². The molecule has 0 aliphatic carbocycles. The van der Waals surface area contributed by atoms with E-state index in [2.05, 4.69) is 12.2 Å². The van der Waals surface area contributed by atoms with Crippen molar-refractivity contribution in [1.29, 1.82) is 0 Å². The Balaban J connectivity index is 2.21. The van der Waals surface area contributed by atoms with Gasteiger partial charge < -0.3 is 19.7 Å². The first-order chi connectivity index (χ1) is 15.8. The molecule has 180 valence electrons. The lowest BCUT2D eigenvalue weighted by Gasteiger charge is -2.30. The van der Waals surface area contributed by atoms with E-state index in [0.29, 0.717) is 30.3 Å². The molecule has 2 aromatic carbocycles. The quantitative estimate of drug-likeness (QED) is 0.436. The molecular formula is C26H35ClN2O4. The van der Waals surface area contributed by atoms with E-state index >= 15 is 0 Å². The van der Waals surface area contributed by atoms with Gasteiger partial charge in [-0.2, -0.15) is 0 Å². The van der Waals surface area contributed by atoms with Crippen LogP contribution in [0.4, 0.5) is 0 Å². The van der Waals surface area contributed by atoms with Crippen LogP contribution in [-0.2, 0) is 16.1 Å². The highest BCUT2D eigenvalue weighted by molar-refractivity contribution is 6.32. The van der Waals surface area contributed by atoms with Crippen LogP contribution >= 0.6 is 11.6 Å². The molecule has 0 radical (unpaired) electrons. The predicted molar refractivity (Wildman–Crippen MR) is 132 cm³/mol. The van der Waals surface area contributed by atoms with E-state index in [4.69, 9.17) is 21.1 Å². The Morgan fingerprint density at radius 2 is 1.70 bits per heavy atom. The Kier molecular flexibility index (Phi) is 10.5. The van der Waals surface area contributed by atoms with Crippen molar-refractivity contribution < 1.29 is 19.1 Å². The van der Waals surface area contributed by atoms with Gasteiger partial charge in [0.25, 0.3) is 5.91 Å². The Bertz CT molecular complexity index is 907. The minimum Gasteiger partial charge on any atom is -0.497 e. The van der Waals surface area contributed by atoms with E-state index in [1.165, 1.54) is 0 Å². The van der Waals surface area contributed by atoms with Gasteiger partial charge in [0.2, 0.25) is 5.91 Å². The summed E-state index contributed by atoms with van der Waals surface area (Å²) in [6.07, 6.45) is 2.38. The van der Waals surface area contributed by atoms with E-state index in [1.54, 1.807) is 12.0 Å². The third-order valence-corrected chi connectivity index (χ3v) is 6.10. The first-order valence-corrected chi connectivity index (χ1v) is 11.8. The summed E-state index contributed by atoms with van der Waals surface area (Å²) in [5.41, 5.74) is 2.68. The van der Waals surface area contributed by atoms with E-state index in [-0.39, 0.29) is 18.4 Å². The summed E-state index contributed by atoms with van der Waals surface area (Å²) in [5, 5.41) is 3.65. The minimum absolute atomic E-state index is 0.147. The monoisotopic (exact) mass is 474 g/mol. The number of hydrogen-bond donors (Lipinski definition) is 1. The van der Waals surface area contributed by atoms with Gasteiger partial charge in [-0.25, -0.2) is 0 Å². The molecule has 0 spiro atoms. The second-order valence-electron chi connectivity index (χ2n) is 8.10. The zero-order valence-electron chi connectivity index (χ0n) is 20.2. The molecule has 33 heavy (non-hydrogen) atoms. The molecule has 2 amide bonds. The van der Waals surface area contributed by atoms with Gasteiger partial charge >= 0.3 is 0 Å². The third kappa shape index (κ3) is 7.67. The average molecular weight is 475 g/mol. The molecule has 0 aliphatic rings. The van der Waals surface area contributed by atoms with Crippen molar-refractivity contribution in [2.75, 3.05) is 20.3 Å². The van der Waals surface area contributed by atoms with Gasteiger partial charge in [0, 0.05) is 18.1 Å². The second-order valence-corrected chi connectivity index (χ2v) is 8.48. The Morgan fingerprint density at radius 3 is 2.24 bits per heavy atom. The lowest BCUT2D eigenvalue weighted by Crippen LogP contribution is -2.50. The van der Waals surface area contributed by atoms with Crippen LogP contribution in [0.15, 0.2) is 36.4 Å². The number of nitrogens with zero attached hydrogens (tertiary/aromatic N) is 1. The third-order valence-electron chi connectivity index (χ3n) is 5.50. The van der Waals surface area contributed by atoms with Crippen LogP contribution in [0.5, 0.6) is 11.5 Å². The number of amides is 2. The van der Waals surface area contributed by atoms with E-state index in [9.17, 15) is 9.59 Å². The molecule has 1 atom stereocenters. The molecule has 0 saturated heterocycles. The SMILES string of the molecule is CCCCNC(=O)[C@@H](CC)N(Cc1ccc(OC)cc1)C(=O)COc1cc(C)c(Cl)c(C)c1. The number of aryl methyl sites for hydroxylation is 2. The van der Waals surface area contributed by atoms with Crippen molar-refractivity contribution in [2.45, 2.75) is 59.5 Å². The van der Waals surface area contributed by atoms with Crippen LogP contribution in [-0.4, -0.2) is 43.0 Å². The zero-order valence-corrected chi connectivity index (χ0v) is 21.0. The molecule has 0 aliphatic heterocycles. The average Bonchev–Trinajstić information content (AvgIpc) is 2.81. The van der Waals surface area contributed by atoms with Crippen molar-refractivity contribution in [2.24, 2.45) is 0 Å². The predicted octanol–water partition coefficient (Wildman–Crippen LogP) is 5.07. The van der Waals surface area contributed by atoms with Crippen LogP contribution in [0, 0.1) is 13.8 Å². The summed E-state index contributed by atoms with van der Waals surface area (Å²) in [4.78, 5) is 27.8. The summed E-state index contributed by atoms with van der Waals surface area (Å²) in [6.45, 7) is 8.49. The number of carbonyl (C=O) groups is 2. The zero-order chi connectivity index (χ0) is 24.4. The van der Waals surface area contributed by atoms with Gasteiger partial charge in [0.15, 0.2) is 6.61 Å². The molecule has 0 fully saturated rings. The molecule has 1 N–H and O–H groups in total. The first-order valence-electron chi connectivity index (χ1n) is 11.4. The molecular weight excluding hydrogens is 440 g/mol. The number of carbonyl (C=O) groups excluding carboxylic acids is 2. The van der Waals surface area contributed by atoms with Crippen LogP contribution in [0.1, 0.15) is 49.8 Å².